The number of nitrogens with zero attached hydrogens (tertiary/aromatic N) is 5. The van der Waals surface area contributed by atoms with Gasteiger partial charge in [0, 0.05) is 32.4 Å². The number of aromatic nitrogens is 3. The third-order valence-corrected chi connectivity index (χ3v) is 5.07. The van der Waals surface area contributed by atoms with E-state index in [1.807, 2.05) is 12.1 Å². The predicted octanol–water partition coefficient (Wildman–Crippen LogP) is 1.29. The van der Waals surface area contributed by atoms with Crippen LogP contribution in [0.1, 0.15) is 5.56 Å². The van der Waals surface area contributed by atoms with Crippen LogP contribution in [0, 0.1) is 0 Å². The first-order valence-electron chi connectivity index (χ1n) is 9.60. The van der Waals surface area contributed by atoms with Gasteiger partial charge in [-0.15, -0.1) is 5.10 Å². The average molecular weight is 393 g/mol. The first-order valence-corrected chi connectivity index (χ1v) is 9.60. The van der Waals surface area contributed by atoms with Gasteiger partial charge >= 0.3 is 0 Å². The zero-order valence-electron chi connectivity index (χ0n) is 16.3. The standard InChI is InChI=1S/C21H23N5O3/c1-24(14-16-6-8-17(9-7-16)25-10-12-29-13-11-25)20(27)15-26-21(28)18-4-2-3-5-19(18)22-23-26/h2-9H,10-15H2,1H3. The molecule has 0 aliphatic carbocycles. The molecule has 29 heavy (non-hydrogen) atoms. The smallest absolute Gasteiger partial charge is 0.278 e. The zero-order chi connectivity index (χ0) is 20.2. The van der Waals surface area contributed by atoms with Gasteiger partial charge in [0.05, 0.1) is 18.6 Å². The summed E-state index contributed by atoms with van der Waals surface area (Å²) in [4.78, 5) is 29.0. The van der Waals surface area contributed by atoms with E-state index in [0.717, 1.165) is 42.2 Å². The van der Waals surface area contributed by atoms with Crippen molar-refractivity contribution < 1.29 is 9.53 Å². The van der Waals surface area contributed by atoms with Crippen LogP contribution in [0.25, 0.3) is 10.9 Å². The van der Waals surface area contributed by atoms with Crippen LogP contribution in [0.4, 0.5) is 5.69 Å². The maximum atomic E-state index is 12.6. The molecule has 8 nitrogen and oxygen atoms in total. The Morgan fingerprint density at radius 2 is 1.83 bits per heavy atom. The molecule has 0 N–H and O–H groups in total. The van der Waals surface area contributed by atoms with Crippen molar-refractivity contribution in [2.45, 2.75) is 13.1 Å². The van der Waals surface area contributed by atoms with Gasteiger partial charge < -0.3 is 14.5 Å². The van der Waals surface area contributed by atoms with Crippen LogP contribution in [0.15, 0.2) is 53.3 Å². The Morgan fingerprint density at radius 3 is 2.59 bits per heavy atom. The molecule has 1 saturated heterocycles. The highest BCUT2D eigenvalue weighted by molar-refractivity contribution is 5.78. The number of hydrogen-bond donors (Lipinski definition) is 0. The van der Waals surface area contributed by atoms with Crippen LogP contribution in [-0.4, -0.2) is 59.2 Å². The van der Waals surface area contributed by atoms with Crippen molar-refractivity contribution in [2.75, 3.05) is 38.3 Å². The molecular formula is C21H23N5O3. The van der Waals surface area contributed by atoms with E-state index in [1.54, 1.807) is 36.2 Å². The van der Waals surface area contributed by atoms with Crippen molar-refractivity contribution in [2.24, 2.45) is 0 Å². The lowest BCUT2D eigenvalue weighted by Gasteiger charge is -2.29. The van der Waals surface area contributed by atoms with Gasteiger partial charge in [0.25, 0.3) is 5.56 Å². The minimum absolute atomic E-state index is 0.140. The zero-order valence-corrected chi connectivity index (χ0v) is 16.3. The van der Waals surface area contributed by atoms with Gasteiger partial charge in [0.1, 0.15) is 12.1 Å². The Kier molecular flexibility index (Phi) is 5.53. The fraction of sp³-hybridized carbons (Fsp3) is 0.333. The number of fused-ring (bicyclic) bond motifs is 1. The Hall–Kier alpha value is -3.26. The molecule has 8 heteroatoms. The number of carbonyl (C=O) groups is 1. The maximum absolute atomic E-state index is 12.6. The van der Waals surface area contributed by atoms with Gasteiger partial charge in [-0.05, 0) is 29.8 Å². The lowest BCUT2D eigenvalue weighted by Crippen LogP contribution is -2.36. The second-order valence-corrected chi connectivity index (χ2v) is 7.09. The summed E-state index contributed by atoms with van der Waals surface area (Å²) in [7, 11) is 1.72. The molecule has 0 atom stereocenters. The van der Waals surface area contributed by atoms with E-state index in [2.05, 4.69) is 27.3 Å². The number of likely N-dealkylation sites (N-methyl/N-ethyl adjacent to an activating group) is 1. The molecule has 2 heterocycles. The number of rotatable bonds is 5. The molecule has 0 radical (unpaired) electrons. The monoisotopic (exact) mass is 393 g/mol. The first kappa shape index (κ1) is 19.1. The lowest BCUT2D eigenvalue weighted by atomic mass is 10.1. The van der Waals surface area contributed by atoms with Crippen molar-refractivity contribution in [1.82, 2.24) is 19.9 Å². The van der Waals surface area contributed by atoms with E-state index in [-0.39, 0.29) is 18.0 Å². The van der Waals surface area contributed by atoms with E-state index in [4.69, 9.17) is 4.74 Å². The molecule has 2 aromatic carbocycles. The molecule has 1 aromatic heterocycles. The molecular weight excluding hydrogens is 370 g/mol. The third kappa shape index (κ3) is 4.27. The third-order valence-electron chi connectivity index (χ3n) is 5.07. The molecule has 1 aliphatic heterocycles. The topological polar surface area (TPSA) is 80.6 Å². The molecule has 3 aromatic rings. The fourth-order valence-electron chi connectivity index (χ4n) is 3.37. The van der Waals surface area contributed by atoms with Gasteiger partial charge in [-0.1, -0.05) is 29.5 Å². The van der Waals surface area contributed by atoms with Gasteiger partial charge in [0.15, 0.2) is 0 Å². The molecule has 0 unspecified atom stereocenters. The summed E-state index contributed by atoms with van der Waals surface area (Å²) in [6.07, 6.45) is 0. The summed E-state index contributed by atoms with van der Waals surface area (Å²) in [5.74, 6) is -0.200. The van der Waals surface area contributed by atoms with Crippen molar-refractivity contribution in [3.63, 3.8) is 0 Å². The van der Waals surface area contributed by atoms with E-state index in [1.165, 1.54) is 0 Å². The molecule has 0 saturated carbocycles. The van der Waals surface area contributed by atoms with Crippen LogP contribution in [0.5, 0.6) is 0 Å². The summed E-state index contributed by atoms with van der Waals surface area (Å²) in [6, 6.07) is 15.2. The van der Waals surface area contributed by atoms with E-state index in [0.29, 0.717) is 17.4 Å². The molecule has 0 bridgehead atoms. The Morgan fingerprint density at radius 1 is 1.10 bits per heavy atom. The minimum Gasteiger partial charge on any atom is -0.378 e. The summed E-state index contributed by atoms with van der Waals surface area (Å²) < 4.78 is 6.50. The maximum Gasteiger partial charge on any atom is 0.278 e. The second kappa shape index (κ2) is 8.40. The number of hydrogen-bond acceptors (Lipinski definition) is 6. The molecule has 4 rings (SSSR count). The Bertz CT molecular complexity index is 1060. The quantitative estimate of drug-likeness (QED) is 0.650. The molecule has 150 valence electrons. The van der Waals surface area contributed by atoms with E-state index >= 15 is 0 Å². The number of amides is 1. The van der Waals surface area contributed by atoms with E-state index < -0.39 is 0 Å². The largest absolute Gasteiger partial charge is 0.378 e. The van der Waals surface area contributed by atoms with Crippen LogP contribution in [-0.2, 0) is 22.6 Å². The molecule has 1 amide bonds. The SMILES string of the molecule is CN(Cc1ccc(N2CCOCC2)cc1)C(=O)Cn1nnc2ccccc2c1=O. The number of benzene rings is 2. The first-order chi connectivity index (χ1) is 14.1. The van der Waals surface area contributed by atoms with Gasteiger partial charge in [-0.25, -0.2) is 4.68 Å². The highest BCUT2D eigenvalue weighted by Crippen LogP contribution is 2.17. The Balaban J connectivity index is 1.41. The average Bonchev–Trinajstić information content (AvgIpc) is 2.77. The van der Waals surface area contributed by atoms with Crippen LogP contribution >= 0.6 is 0 Å². The van der Waals surface area contributed by atoms with Gasteiger partial charge in [0.2, 0.25) is 5.91 Å². The normalized spacial score (nSPS) is 14.2. The van der Waals surface area contributed by atoms with Crippen molar-refractivity contribution in [3.05, 3.63) is 64.4 Å². The molecule has 1 aliphatic rings. The summed E-state index contributed by atoms with van der Waals surface area (Å²) in [6.45, 7) is 3.58. The second-order valence-electron chi connectivity index (χ2n) is 7.09. The number of anilines is 1. The number of morpholine rings is 1. The van der Waals surface area contributed by atoms with Gasteiger partial charge in [-0.2, -0.15) is 0 Å². The highest BCUT2D eigenvalue weighted by Gasteiger charge is 2.15. The Labute approximate surface area is 168 Å². The minimum atomic E-state index is -0.313. The fourth-order valence-corrected chi connectivity index (χ4v) is 3.37. The summed E-state index contributed by atoms with van der Waals surface area (Å²) >= 11 is 0. The predicted molar refractivity (Wildman–Crippen MR) is 110 cm³/mol. The number of carbonyl (C=O) groups excluding carboxylic acids is 1. The van der Waals surface area contributed by atoms with Crippen molar-refractivity contribution in [3.8, 4) is 0 Å². The van der Waals surface area contributed by atoms with Crippen molar-refractivity contribution >= 4 is 22.5 Å². The summed E-state index contributed by atoms with van der Waals surface area (Å²) in [5, 5.41) is 8.37. The van der Waals surface area contributed by atoms with Crippen LogP contribution in [0.2, 0.25) is 0 Å². The van der Waals surface area contributed by atoms with Crippen molar-refractivity contribution in [1.29, 1.82) is 0 Å². The van der Waals surface area contributed by atoms with Crippen LogP contribution < -0.4 is 10.5 Å². The summed E-state index contributed by atoms with van der Waals surface area (Å²) in [5.41, 5.74) is 2.39. The van der Waals surface area contributed by atoms with E-state index in [9.17, 15) is 9.59 Å². The molecule has 0 spiro atoms. The van der Waals surface area contributed by atoms with Crippen LogP contribution in [0.3, 0.4) is 0 Å². The molecule has 1 fully saturated rings. The highest BCUT2D eigenvalue weighted by atomic mass is 16.5. The lowest BCUT2D eigenvalue weighted by molar-refractivity contribution is -0.131. The number of ether oxygens (including phenoxy) is 1. The van der Waals surface area contributed by atoms with Gasteiger partial charge in [-0.3, -0.25) is 9.59 Å².